The molecule has 0 saturated heterocycles. The number of nitrogens with zero attached hydrogens (tertiary/aromatic N) is 1. The van der Waals surface area contributed by atoms with E-state index in [-0.39, 0.29) is 12.2 Å². The Morgan fingerprint density at radius 3 is 2.77 bits per heavy atom. The van der Waals surface area contributed by atoms with Gasteiger partial charge in [0.05, 0.1) is 0 Å². The van der Waals surface area contributed by atoms with Gasteiger partial charge in [0.25, 0.3) is 5.91 Å². The van der Waals surface area contributed by atoms with Crippen LogP contribution < -0.4 is 5.32 Å². The van der Waals surface area contributed by atoms with E-state index in [9.17, 15) is 9.59 Å². The Labute approximate surface area is 127 Å². The van der Waals surface area contributed by atoms with Crippen molar-refractivity contribution < 1.29 is 18.8 Å². The standard InChI is InChI=1S/C16H16N2O4/c1-3-9-17-13(19)10-21-16(20)14-11(2)22-18-15(14)12-7-5-4-6-8-12/h3-8H,1,9-10H2,2H3,(H,17,19). The number of carbonyl (C=O) groups excluding carboxylic acids is 2. The first-order chi connectivity index (χ1) is 10.6. The van der Waals surface area contributed by atoms with E-state index in [1.807, 2.05) is 30.3 Å². The smallest absolute Gasteiger partial charge is 0.344 e. The third-order valence-electron chi connectivity index (χ3n) is 2.89. The van der Waals surface area contributed by atoms with Crippen molar-refractivity contribution in [3.05, 3.63) is 54.3 Å². The summed E-state index contributed by atoms with van der Waals surface area (Å²) in [5.41, 5.74) is 1.36. The van der Waals surface area contributed by atoms with Crippen molar-refractivity contribution in [1.82, 2.24) is 10.5 Å². The Morgan fingerprint density at radius 2 is 2.09 bits per heavy atom. The molecule has 0 aliphatic carbocycles. The molecule has 114 valence electrons. The molecule has 2 rings (SSSR count). The van der Waals surface area contributed by atoms with E-state index in [0.29, 0.717) is 18.0 Å². The van der Waals surface area contributed by atoms with E-state index in [2.05, 4.69) is 17.1 Å². The molecule has 0 fully saturated rings. The molecule has 6 heteroatoms. The SMILES string of the molecule is C=CCNC(=O)COC(=O)c1c(-c2ccccc2)noc1C. The van der Waals surface area contributed by atoms with E-state index in [4.69, 9.17) is 9.26 Å². The maximum Gasteiger partial charge on any atom is 0.344 e. The van der Waals surface area contributed by atoms with Crippen LogP contribution >= 0.6 is 0 Å². The highest BCUT2D eigenvalue weighted by Gasteiger charge is 2.23. The first-order valence-electron chi connectivity index (χ1n) is 6.70. The second kappa shape index (κ2) is 7.21. The summed E-state index contributed by atoms with van der Waals surface area (Å²) >= 11 is 0. The lowest BCUT2D eigenvalue weighted by Gasteiger charge is -2.05. The van der Waals surface area contributed by atoms with Gasteiger partial charge >= 0.3 is 5.97 Å². The fraction of sp³-hybridized carbons (Fsp3) is 0.188. The van der Waals surface area contributed by atoms with Crippen LogP contribution in [0.2, 0.25) is 0 Å². The number of nitrogens with one attached hydrogen (secondary N) is 1. The van der Waals surface area contributed by atoms with Crippen molar-refractivity contribution >= 4 is 11.9 Å². The van der Waals surface area contributed by atoms with Gasteiger partial charge in [-0.1, -0.05) is 41.6 Å². The molecule has 0 bridgehead atoms. The number of hydrogen-bond acceptors (Lipinski definition) is 5. The molecular formula is C16H16N2O4. The highest BCUT2D eigenvalue weighted by Crippen LogP contribution is 2.25. The summed E-state index contributed by atoms with van der Waals surface area (Å²) in [4.78, 5) is 23.6. The maximum atomic E-state index is 12.2. The predicted molar refractivity (Wildman–Crippen MR) is 80.2 cm³/mol. The number of ether oxygens (including phenoxy) is 1. The molecule has 1 amide bonds. The normalized spacial score (nSPS) is 10.0. The van der Waals surface area contributed by atoms with Crippen molar-refractivity contribution in [1.29, 1.82) is 0 Å². The van der Waals surface area contributed by atoms with Crippen LogP contribution in [0.1, 0.15) is 16.1 Å². The van der Waals surface area contributed by atoms with E-state index in [0.717, 1.165) is 5.56 Å². The van der Waals surface area contributed by atoms with Gasteiger partial charge in [-0.25, -0.2) is 4.79 Å². The molecule has 0 radical (unpaired) electrons. The molecule has 1 aromatic heterocycles. The van der Waals surface area contributed by atoms with Gasteiger partial charge in [0, 0.05) is 12.1 Å². The molecule has 0 atom stereocenters. The zero-order valence-electron chi connectivity index (χ0n) is 12.2. The zero-order valence-corrected chi connectivity index (χ0v) is 12.2. The summed E-state index contributed by atoms with van der Waals surface area (Å²) in [6.45, 7) is 5.05. The molecule has 0 spiro atoms. The molecule has 2 aromatic rings. The molecule has 0 aliphatic heterocycles. The van der Waals surface area contributed by atoms with Crippen molar-refractivity contribution in [2.75, 3.05) is 13.2 Å². The largest absolute Gasteiger partial charge is 0.452 e. The van der Waals surface area contributed by atoms with Crippen LogP contribution in [0.25, 0.3) is 11.3 Å². The van der Waals surface area contributed by atoms with Gasteiger partial charge in [0.1, 0.15) is 17.0 Å². The number of benzene rings is 1. The van der Waals surface area contributed by atoms with E-state index in [1.54, 1.807) is 6.92 Å². The van der Waals surface area contributed by atoms with E-state index < -0.39 is 11.9 Å². The monoisotopic (exact) mass is 300 g/mol. The third-order valence-corrected chi connectivity index (χ3v) is 2.89. The van der Waals surface area contributed by atoms with Crippen LogP contribution in [0, 0.1) is 6.92 Å². The molecule has 0 saturated carbocycles. The Morgan fingerprint density at radius 1 is 1.36 bits per heavy atom. The molecule has 6 nitrogen and oxygen atoms in total. The summed E-state index contributed by atoms with van der Waals surface area (Å²) in [5, 5.41) is 6.41. The van der Waals surface area contributed by atoms with Crippen molar-refractivity contribution in [2.45, 2.75) is 6.92 Å². The Balaban J connectivity index is 2.12. The summed E-state index contributed by atoms with van der Waals surface area (Å²) < 4.78 is 10.1. The lowest BCUT2D eigenvalue weighted by Crippen LogP contribution is -2.28. The topological polar surface area (TPSA) is 81.4 Å². The van der Waals surface area contributed by atoms with Gasteiger partial charge < -0.3 is 14.6 Å². The van der Waals surface area contributed by atoms with Crippen LogP contribution in [-0.4, -0.2) is 30.2 Å². The van der Waals surface area contributed by atoms with E-state index in [1.165, 1.54) is 6.08 Å². The molecular weight excluding hydrogens is 284 g/mol. The highest BCUT2D eigenvalue weighted by molar-refractivity contribution is 5.98. The second-order valence-electron chi connectivity index (χ2n) is 4.50. The van der Waals surface area contributed by atoms with E-state index >= 15 is 0 Å². The first kappa shape index (κ1) is 15.5. The van der Waals surface area contributed by atoms with Gasteiger partial charge in [0.2, 0.25) is 0 Å². The first-order valence-corrected chi connectivity index (χ1v) is 6.70. The fourth-order valence-corrected chi connectivity index (χ4v) is 1.85. The van der Waals surface area contributed by atoms with Crippen LogP contribution in [0.4, 0.5) is 0 Å². The minimum absolute atomic E-state index is 0.225. The van der Waals surface area contributed by atoms with Crippen LogP contribution in [0.5, 0.6) is 0 Å². The lowest BCUT2D eigenvalue weighted by atomic mass is 10.1. The molecule has 1 N–H and O–H groups in total. The zero-order chi connectivity index (χ0) is 15.9. The average Bonchev–Trinajstić information content (AvgIpc) is 2.93. The Kier molecular flexibility index (Phi) is 5.08. The third kappa shape index (κ3) is 3.60. The maximum absolute atomic E-state index is 12.2. The van der Waals surface area contributed by atoms with Crippen molar-refractivity contribution in [3.63, 3.8) is 0 Å². The Hall–Kier alpha value is -2.89. The molecule has 0 unspecified atom stereocenters. The number of esters is 1. The number of hydrogen-bond donors (Lipinski definition) is 1. The quantitative estimate of drug-likeness (QED) is 0.652. The van der Waals surface area contributed by atoms with Gasteiger partial charge in [-0.05, 0) is 6.92 Å². The minimum atomic E-state index is -0.647. The van der Waals surface area contributed by atoms with Crippen LogP contribution in [-0.2, 0) is 9.53 Å². The lowest BCUT2D eigenvalue weighted by molar-refractivity contribution is -0.124. The highest BCUT2D eigenvalue weighted by atomic mass is 16.5. The summed E-state index contributed by atoms with van der Waals surface area (Å²) in [5.74, 6) is -0.703. The molecule has 1 heterocycles. The summed E-state index contributed by atoms with van der Waals surface area (Å²) in [6, 6.07) is 9.14. The fourth-order valence-electron chi connectivity index (χ4n) is 1.85. The summed E-state index contributed by atoms with van der Waals surface area (Å²) in [6.07, 6.45) is 1.54. The van der Waals surface area contributed by atoms with Crippen molar-refractivity contribution in [2.24, 2.45) is 0 Å². The number of aryl methyl sites for hydroxylation is 1. The minimum Gasteiger partial charge on any atom is -0.452 e. The summed E-state index contributed by atoms with van der Waals surface area (Å²) in [7, 11) is 0. The number of aromatic nitrogens is 1. The number of carbonyl (C=O) groups is 2. The van der Waals surface area contributed by atoms with Crippen molar-refractivity contribution in [3.8, 4) is 11.3 Å². The van der Waals surface area contributed by atoms with Gasteiger partial charge in [-0.2, -0.15) is 0 Å². The number of rotatable bonds is 6. The van der Waals surface area contributed by atoms with Gasteiger partial charge in [-0.15, -0.1) is 6.58 Å². The average molecular weight is 300 g/mol. The van der Waals surface area contributed by atoms with Crippen LogP contribution in [0.15, 0.2) is 47.5 Å². The molecule has 22 heavy (non-hydrogen) atoms. The molecule has 0 aliphatic rings. The number of amides is 1. The molecule has 1 aromatic carbocycles. The Bertz CT molecular complexity index is 677. The van der Waals surface area contributed by atoms with Gasteiger partial charge in [-0.3, -0.25) is 4.79 Å². The second-order valence-corrected chi connectivity index (χ2v) is 4.50. The van der Waals surface area contributed by atoms with Crippen LogP contribution in [0.3, 0.4) is 0 Å². The van der Waals surface area contributed by atoms with Gasteiger partial charge in [0.15, 0.2) is 6.61 Å². The predicted octanol–water partition coefficient (Wildman–Crippen LogP) is 2.11.